The van der Waals surface area contributed by atoms with Gasteiger partial charge in [-0.25, -0.2) is 9.37 Å². The third kappa shape index (κ3) is 4.02. The summed E-state index contributed by atoms with van der Waals surface area (Å²) in [5.41, 5.74) is 2.41. The minimum atomic E-state index is -0.259. The smallest absolute Gasteiger partial charge is 0.144 e. The van der Waals surface area contributed by atoms with Crippen LogP contribution in [-0.2, 0) is 6.54 Å². The van der Waals surface area contributed by atoms with Gasteiger partial charge >= 0.3 is 0 Å². The van der Waals surface area contributed by atoms with Crippen molar-refractivity contribution in [3.8, 4) is 17.1 Å². The number of para-hydroxylation sites is 2. The highest BCUT2D eigenvalue weighted by molar-refractivity contribution is 6.30. The highest BCUT2D eigenvalue weighted by Gasteiger charge is 2.15. The van der Waals surface area contributed by atoms with Gasteiger partial charge in [0, 0.05) is 11.6 Å². The average molecular weight is 395 g/mol. The van der Waals surface area contributed by atoms with Crippen molar-refractivity contribution in [3.05, 3.63) is 83.6 Å². The van der Waals surface area contributed by atoms with Crippen LogP contribution in [0.4, 0.5) is 4.39 Å². The lowest BCUT2D eigenvalue weighted by atomic mass is 10.2. The summed E-state index contributed by atoms with van der Waals surface area (Å²) in [7, 11) is 0. The Bertz CT molecular complexity index is 1080. The number of hydrogen-bond donors (Lipinski definition) is 0. The summed E-state index contributed by atoms with van der Waals surface area (Å²) in [5.74, 6) is 1.22. The number of rotatable bonds is 7. The van der Waals surface area contributed by atoms with Gasteiger partial charge in [-0.1, -0.05) is 35.9 Å². The zero-order chi connectivity index (χ0) is 19.3. The summed E-state index contributed by atoms with van der Waals surface area (Å²) in [4.78, 5) is 4.68. The molecule has 0 N–H and O–H groups in total. The Kier molecular flexibility index (Phi) is 5.58. The SMILES string of the molecule is Fc1ccccc1-c1nc2ccccc2n1CCCCOc1ccc(Cl)cc1. The second kappa shape index (κ2) is 8.44. The number of aryl methyl sites for hydroxylation is 1. The van der Waals surface area contributed by atoms with Gasteiger partial charge in [-0.05, 0) is 61.4 Å². The van der Waals surface area contributed by atoms with E-state index in [-0.39, 0.29) is 5.82 Å². The zero-order valence-corrected chi connectivity index (χ0v) is 16.1. The quantitative estimate of drug-likeness (QED) is 0.341. The molecule has 0 aliphatic carbocycles. The maximum atomic E-state index is 14.4. The van der Waals surface area contributed by atoms with E-state index >= 15 is 0 Å². The molecule has 0 saturated heterocycles. The Balaban J connectivity index is 1.47. The van der Waals surface area contributed by atoms with E-state index in [4.69, 9.17) is 16.3 Å². The van der Waals surface area contributed by atoms with E-state index in [0.29, 0.717) is 23.0 Å². The van der Waals surface area contributed by atoms with E-state index < -0.39 is 0 Å². The van der Waals surface area contributed by atoms with Crippen LogP contribution in [0.2, 0.25) is 5.02 Å². The topological polar surface area (TPSA) is 27.1 Å². The van der Waals surface area contributed by atoms with Crippen molar-refractivity contribution in [1.29, 1.82) is 0 Å². The van der Waals surface area contributed by atoms with Crippen LogP contribution >= 0.6 is 11.6 Å². The molecule has 4 aromatic rings. The van der Waals surface area contributed by atoms with Gasteiger partial charge in [-0.3, -0.25) is 0 Å². The molecule has 0 saturated carbocycles. The molecule has 0 spiro atoms. The predicted molar refractivity (Wildman–Crippen MR) is 111 cm³/mol. The van der Waals surface area contributed by atoms with Crippen LogP contribution in [-0.4, -0.2) is 16.2 Å². The molecule has 4 rings (SSSR count). The Labute approximate surface area is 168 Å². The molecular formula is C23H20ClFN2O. The fourth-order valence-corrected chi connectivity index (χ4v) is 3.37. The number of fused-ring (bicyclic) bond motifs is 1. The van der Waals surface area contributed by atoms with Crippen molar-refractivity contribution >= 4 is 22.6 Å². The van der Waals surface area contributed by atoms with Gasteiger partial charge < -0.3 is 9.30 Å². The number of aromatic nitrogens is 2. The van der Waals surface area contributed by atoms with Crippen LogP contribution in [0.25, 0.3) is 22.4 Å². The van der Waals surface area contributed by atoms with Crippen molar-refractivity contribution in [2.24, 2.45) is 0 Å². The van der Waals surface area contributed by atoms with Gasteiger partial charge in [0.1, 0.15) is 17.4 Å². The lowest BCUT2D eigenvalue weighted by Crippen LogP contribution is -2.04. The van der Waals surface area contributed by atoms with Crippen molar-refractivity contribution in [2.45, 2.75) is 19.4 Å². The molecule has 5 heteroatoms. The van der Waals surface area contributed by atoms with E-state index in [1.807, 2.05) is 54.6 Å². The number of halogens is 2. The van der Waals surface area contributed by atoms with E-state index in [0.717, 1.165) is 36.2 Å². The van der Waals surface area contributed by atoms with Crippen LogP contribution in [0.1, 0.15) is 12.8 Å². The Hall–Kier alpha value is -2.85. The van der Waals surface area contributed by atoms with Crippen LogP contribution in [0.3, 0.4) is 0 Å². The molecule has 0 fully saturated rings. The van der Waals surface area contributed by atoms with E-state index in [9.17, 15) is 4.39 Å². The van der Waals surface area contributed by atoms with Gasteiger partial charge in [-0.15, -0.1) is 0 Å². The third-order valence-corrected chi connectivity index (χ3v) is 4.88. The van der Waals surface area contributed by atoms with Crippen molar-refractivity contribution in [3.63, 3.8) is 0 Å². The van der Waals surface area contributed by atoms with E-state index in [2.05, 4.69) is 9.55 Å². The van der Waals surface area contributed by atoms with Crippen LogP contribution in [0.5, 0.6) is 5.75 Å². The first kappa shape index (κ1) is 18.5. The fraction of sp³-hybridized carbons (Fsp3) is 0.174. The van der Waals surface area contributed by atoms with Crippen molar-refractivity contribution in [1.82, 2.24) is 9.55 Å². The number of unbranched alkanes of at least 4 members (excludes halogenated alkanes) is 1. The summed E-state index contributed by atoms with van der Waals surface area (Å²) >= 11 is 5.89. The second-order valence-electron chi connectivity index (χ2n) is 6.57. The Morgan fingerprint density at radius 1 is 0.893 bits per heavy atom. The molecule has 0 aliphatic rings. The second-order valence-corrected chi connectivity index (χ2v) is 7.00. The lowest BCUT2D eigenvalue weighted by Gasteiger charge is -2.11. The highest BCUT2D eigenvalue weighted by atomic mass is 35.5. The molecule has 0 bridgehead atoms. The average Bonchev–Trinajstić information content (AvgIpc) is 3.08. The predicted octanol–water partition coefficient (Wildman–Crippen LogP) is 6.36. The summed E-state index contributed by atoms with van der Waals surface area (Å²) in [6.45, 7) is 1.36. The molecule has 0 amide bonds. The number of benzene rings is 3. The molecule has 1 heterocycles. The fourth-order valence-electron chi connectivity index (χ4n) is 3.24. The molecule has 0 aliphatic heterocycles. The van der Waals surface area contributed by atoms with E-state index in [1.54, 1.807) is 12.1 Å². The molecule has 3 aromatic carbocycles. The summed E-state index contributed by atoms with van der Waals surface area (Å²) in [6.07, 6.45) is 1.78. The molecule has 0 radical (unpaired) electrons. The summed E-state index contributed by atoms with van der Waals surface area (Å²) in [5, 5.41) is 0.694. The molecule has 3 nitrogen and oxygen atoms in total. The van der Waals surface area contributed by atoms with Gasteiger partial charge in [0.15, 0.2) is 0 Å². The monoisotopic (exact) mass is 394 g/mol. The van der Waals surface area contributed by atoms with Gasteiger partial charge in [-0.2, -0.15) is 0 Å². The normalized spacial score (nSPS) is 11.1. The van der Waals surface area contributed by atoms with Crippen molar-refractivity contribution < 1.29 is 9.13 Å². The lowest BCUT2D eigenvalue weighted by molar-refractivity contribution is 0.303. The van der Waals surface area contributed by atoms with Crippen molar-refractivity contribution in [2.75, 3.05) is 6.61 Å². The number of hydrogen-bond acceptors (Lipinski definition) is 2. The Morgan fingerprint density at radius 3 is 2.46 bits per heavy atom. The number of nitrogens with zero attached hydrogens (tertiary/aromatic N) is 2. The maximum Gasteiger partial charge on any atom is 0.144 e. The standard InChI is InChI=1S/C23H20ClFN2O/c24-17-11-13-18(14-12-17)28-16-6-5-15-27-22-10-4-3-9-21(22)26-23(27)19-7-1-2-8-20(19)25/h1-4,7-14H,5-6,15-16H2. The van der Waals surface area contributed by atoms with Gasteiger partial charge in [0.25, 0.3) is 0 Å². The Morgan fingerprint density at radius 2 is 1.64 bits per heavy atom. The van der Waals surface area contributed by atoms with Crippen LogP contribution in [0.15, 0.2) is 72.8 Å². The first-order valence-electron chi connectivity index (χ1n) is 9.31. The molecular weight excluding hydrogens is 375 g/mol. The third-order valence-electron chi connectivity index (χ3n) is 4.63. The first-order valence-corrected chi connectivity index (χ1v) is 9.69. The largest absolute Gasteiger partial charge is 0.494 e. The zero-order valence-electron chi connectivity index (χ0n) is 15.3. The summed E-state index contributed by atoms with van der Waals surface area (Å²) in [6, 6.07) is 22.0. The highest BCUT2D eigenvalue weighted by Crippen LogP contribution is 2.27. The molecule has 1 aromatic heterocycles. The van der Waals surface area contributed by atoms with Crippen LogP contribution in [0, 0.1) is 5.82 Å². The minimum Gasteiger partial charge on any atom is -0.494 e. The minimum absolute atomic E-state index is 0.259. The van der Waals surface area contributed by atoms with Gasteiger partial charge in [0.2, 0.25) is 0 Å². The van der Waals surface area contributed by atoms with E-state index in [1.165, 1.54) is 6.07 Å². The molecule has 0 unspecified atom stereocenters. The first-order chi connectivity index (χ1) is 13.7. The molecule has 0 atom stereocenters. The molecule has 28 heavy (non-hydrogen) atoms. The number of ether oxygens (including phenoxy) is 1. The number of imidazole rings is 1. The molecule has 142 valence electrons. The maximum absolute atomic E-state index is 14.4. The van der Waals surface area contributed by atoms with Crippen LogP contribution < -0.4 is 4.74 Å². The van der Waals surface area contributed by atoms with Gasteiger partial charge in [0.05, 0.1) is 23.2 Å². The summed E-state index contributed by atoms with van der Waals surface area (Å²) < 4.78 is 22.2.